The number of aryl methyl sites for hydroxylation is 1. The number of amides is 1. The summed E-state index contributed by atoms with van der Waals surface area (Å²) < 4.78 is 2.19. The Labute approximate surface area is 242 Å². The van der Waals surface area contributed by atoms with Gasteiger partial charge in [-0.1, -0.05) is 57.3 Å². The molecule has 0 aromatic heterocycles. The van der Waals surface area contributed by atoms with Crippen LogP contribution in [0.5, 0.6) is 0 Å². The Bertz CT molecular complexity index is 1450. The Morgan fingerprint density at radius 1 is 1.00 bits per heavy atom. The molecule has 1 saturated carbocycles. The number of nitrogens with zero attached hydrogens (tertiary/aromatic N) is 2. The molecule has 0 radical (unpaired) electrons. The molecule has 0 bridgehead atoms. The molecule has 5 heteroatoms. The summed E-state index contributed by atoms with van der Waals surface area (Å²) in [7, 11) is 6.45. The normalized spacial score (nSPS) is 18.2. The lowest BCUT2D eigenvalue weighted by Crippen LogP contribution is -2.49. The zero-order valence-electron chi connectivity index (χ0n) is 25.5. The molecule has 1 aliphatic heterocycles. The van der Waals surface area contributed by atoms with E-state index in [2.05, 4.69) is 112 Å². The molecule has 2 aromatic rings. The van der Waals surface area contributed by atoms with Crippen LogP contribution in [-0.4, -0.2) is 59.0 Å². The van der Waals surface area contributed by atoms with Gasteiger partial charge in [-0.2, -0.15) is 0 Å². The van der Waals surface area contributed by atoms with E-state index < -0.39 is 8.07 Å². The molecule has 40 heavy (non-hydrogen) atoms. The SMILES string of the molecule is Cc1ccc(C(=O)NCCC2CCCCC2)cc1C1=C2C=CC(=[N+](C)C)C=C2[Si](C)(C)c2cc(N(C)C)ccc21. The second-order valence-corrected chi connectivity index (χ2v) is 17.2. The van der Waals surface area contributed by atoms with Gasteiger partial charge in [0.05, 0.1) is 0 Å². The molecule has 0 unspecified atom stereocenters. The van der Waals surface area contributed by atoms with Gasteiger partial charge in [0.15, 0.2) is 5.71 Å². The van der Waals surface area contributed by atoms with Crippen LogP contribution < -0.4 is 15.4 Å². The van der Waals surface area contributed by atoms with E-state index in [0.29, 0.717) is 0 Å². The maximum absolute atomic E-state index is 13.3. The summed E-state index contributed by atoms with van der Waals surface area (Å²) in [5, 5.41) is 6.15. The van der Waals surface area contributed by atoms with Crippen LogP contribution in [0, 0.1) is 12.8 Å². The van der Waals surface area contributed by atoms with E-state index in [1.54, 1.807) is 0 Å². The standard InChI is InChI=1S/C35H45N3OSi/c1-24-13-14-26(35(39)36-20-19-25-11-9-8-10-12-25)21-31(24)34-29-17-15-27(37(2)3)22-32(29)40(6,7)33-23-28(38(4)5)16-18-30(33)34/h13-18,21-23,25H,8-12,19-20H2,1-7H3/p+1. The summed E-state index contributed by atoms with van der Waals surface area (Å²) in [6.45, 7) is 7.88. The van der Waals surface area contributed by atoms with Gasteiger partial charge in [0.25, 0.3) is 5.91 Å². The Morgan fingerprint density at radius 3 is 2.45 bits per heavy atom. The maximum atomic E-state index is 13.3. The lowest BCUT2D eigenvalue weighted by atomic mass is 9.86. The monoisotopic (exact) mass is 552 g/mol. The van der Waals surface area contributed by atoms with Crippen LogP contribution in [0.15, 0.2) is 65.4 Å². The molecule has 0 spiro atoms. The van der Waals surface area contributed by atoms with Gasteiger partial charge in [0.2, 0.25) is 0 Å². The second kappa shape index (κ2) is 11.4. The Morgan fingerprint density at radius 2 is 1.75 bits per heavy atom. The molecule has 3 aliphatic rings. The molecule has 1 N–H and O–H groups in total. The number of rotatable bonds is 6. The third-order valence-corrected chi connectivity index (χ3v) is 12.8. The molecule has 1 amide bonds. The number of carbonyl (C=O) groups is 1. The maximum Gasteiger partial charge on any atom is 0.251 e. The minimum Gasteiger partial charge on any atom is -0.378 e. The van der Waals surface area contributed by atoms with Gasteiger partial charge in [-0.25, -0.2) is 4.58 Å². The van der Waals surface area contributed by atoms with Gasteiger partial charge < -0.3 is 10.2 Å². The van der Waals surface area contributed by atoms with Gasteiger partial charge in [0, 0.05) is 44.0 Å². The van der Waals surface area contributed by atoms with E-state index in [0.717, 1.165) is 30.0 Å². The zero-order chi connectivity index (χ0) is 28.6. The topological polar surface area (TPSA) is 35.4 Å². The van der Waals surface area contributed by atoms with Crippen molar-refractivity contribution in [2.75, 3.05) is 39.6 Å². The number of benzene rings is 2. The van der Waals surface area contributed by atoms with Gasteiger partial charge in [-0.15, -0.1) is 0 Å². The van der Waals surface area contributed by atoms with Crippen molar-refractivity contribution >= 4 is 36.1 Å². The van der Waals surface area contributed by atoms with Crippen molar-refractivity contribution in [3.05, 3.63) is 87.6 Å². The summed E-state index contributed by atoms with van der Waals surface area (Å²) in [6.07, 6.45) is 14.7. The van der Waals surface area contributed by atoms with E-state index in [9.17, 15) is 4.79 Å². The van der Waals surface area contributed by atoms with Crippen LogP contribution in [-0.2, 0) is 0 Å². The summed E-state index contributed by atoms with van der Waals surface area (Å²) in [5.74, 6) is 0.801. The van der Waals surface area contributed by atoms with E-state index in [-0.39, 0.29) is 5.91 Å². The van der Waals surface area contributed by atoms with Gasteiger partial charge in [-0.05, 0) is 87.8 Å². The van der Waals surface area contributed by atoms with Crippen LogP contribution >= 0.6 is 0 Å². The molecule has 210 valence electrons. The first-order chi connectivity index (χ1) is 19.1. The van der Waals surface area contributed by atoms with Crippen molar-refractivity contribution in [2.45, 2.75) is 58.5 Å². The molecule has 5 rings (SSSR count). The van der Waals surface area contributed by atoms with Crippen LogP contribution in [0.4, 0.5) is 5.69 Å². The fourth-order valence-corrected chi connectivity index (χ4v) is 9.74. The first-order valence-electron chi connectivity index (χ1n) is 15.0. The largest absolute Gasteiger partial charge is 0.378 e. The summed E-state index contributed by atoms with van der Waals surface area (Å²) in [6, 6.07) is 13.2. The predicted octanol–water partition coefficient (Wildman–Crippen LogP) is 6.24. The van der Waals surface area contributed by atoms with Gasteiger partial charge >= 0.3 is 0 Å². The molecule has 4 nitrogen and oxygen atoms in total. The number of allylic oxidation sites excluding steroid dienone is 5. The third-order valence-electron chi connectivity index (χ3n) is 9.26. The van der Waals surface area contributed by atoms with Crippen molar-refractivity contribution < 1.29 is 9.37 Å². The number of hydrogen-bond donors (Lipinski definition) is 1. The fraction of sp³-hybridized carbons (Fsp3) is 0.429. The van der Waals surface area contributed by atoms with E-state index in [1.807, 2.05) is 6.07 Å². The van der Waals surface area contributed by atoms with Crippen LogP contribution in [0.2, 0.25) is 13.1 Å². The molecule has 2 aliphatic carbocycles. The van der Waals surface area contributed by atoms with Crippen molar-refractivity contribution in [1.82, 2.24) is 5.32 Å². The highest BCUT2D eigenvalue weighted by atomic mass is 28.3. The number of fused-ring (bicyclic) bond motifs is 2. The van der Waals surface area contributed by atoms with Crippen molar-refractivity contribution in [3.8, 4) is 0 Å². The lowest BCUT2D eigenvalue weighted by molar-refractivity contribution is -0.462. The molecule has 0 saturated heterocycles. The fourth-order valence-electron chi connectivity index (χ4n) is 6.67. The van der Waals surface area contributed by atoms with Crippen molar-refractivity contribution in [3.63, 3.8) is 0 Å². The van der Waals surface area contributed by atoms with Crippen LogP contribution in [0.3, 0.4) is 0 Å². The molecular formula is C35H46N3OSi+. The van der Waals surface area contributed by atoms with E-state index in [1.165, 1.54) is 76.2 Å². The zero-order valence-corrected chi connectivity index (χ0v) is 26.5. The Hall–Kier alpha value is -3.18. The van der Waals surface area contributed by atoms with E-state index in [4.69, 9.17) is 0 Å². The first-order valence-corrected chi connectivity index (χ1v) is 18.0. The predicted molar refractivity (Wildman–Crippen MR) is 173 cm³/mol. The highest BCUT2D eigenvalue weighted by molar-refractivity contribution is 6.98. The summed E-state index contributed by atoms with van der Waals surface area (Å²) >= 11 is 0. The Kier molecular flexibility index (Phi) is 8.05. The number of carbonyl (C=O) groups excluding carboxylic acids is 1. The molecule has 2 aromatic carbocycles. The van der Waals surface area contributed by atoms with Crippen molar-refractivity contribution in [1.29, 1.82) is 0 Å². The highest BCUT2D eigenvalue weighted by Gasteiger charge is 2.40. The smallest absolute Gasteiger partial charge is 0.251 e. The minimum absolute atomic E-state index is 0.0366. The number of nitrogens with one attached hydrogen (secondary N) is 1. The lowest BCUT2D eigenvalue weighted by Gasteiger charge is -2.38. The quantitative estimate of drug-likeness (QED) is 0.340. The minimum atomic E-state index is -2.00. The van der Waals surface area contributed by atoms with Crippen LogP contribution in [0.1, 0.15) is 65.6 Å². The molecule has 1 heterocycles. The van der Waals surface area contributed by atoms with E-state index >= 15 is 0 Å². The first kappa shape index (κ1) is 28.3. The molecule has 0 atom stereocenters. The molecular weight excluding hydrogens is 506 g/mol. The average Bonchev–Trinajstić information content (AvgIpc) is 2.94. The Balaban J connectivity index is 1.58. The van der Waals surface area contributed by atoms with Gasteiger partial charge in [-0.3, -0.25) is 4.79 Å². The van der Waals surface area contributed by atoms with Gasteiger partial charge in [0.1, 0.15) is 22.2 Å². The number of hydrogen-bond acceptors (Lipinski definition) is 2. The second-order valence-electron chi connectivity index (χ2n) is 12.8. The number of anilines is 1. The highest BCUT2D eigenvalue weighted by Crippen LogP contribution is 2.42. The van der Waals surface area contributed by atoms with Crippen LogP contribution in [0.25, 0.3) is 5.57 Å². The molecule has 1 fully saturated rings. The average molecular weight is 553 g/mol. The summed E-state index contributed by atoms with van der Waals surface area (Å²) in [4.78, 5) is 15.5. The third kappa shape index (κ3) is 5.41. The van der Waals surface area contributed by atoms with Crippen molar-refractivity contribution in [2.24, 2.45) is 5.92 Å². The summed E-state index contributed by atoms with van der Waals surface area (Å²) in [5.41, 5.74) is 9.43.